The highest BCUT2D eigenvalue weighted by Crippen LogP contribution is 2.38. The van der Waals surface area contributed by atoms with Crippen molar-refractivity contribution in [3.63, 3.8) is 0 Å². The average molecular weight is 338 g/mol. The van der Waals surface area contributed by atoms with Crippen LogP contribution in [0.25, 0.3) is 22.5 Å². The summed E-state index contributed by atoms with van der Waals surface area (Å²) in [5, 5.41) is 4.89. The van der Waals surface area contributed by atoms with Crippen molar-refractivity contribution in [3.05, 3.63) is 65.7 Å². The molecule has 25 heavy (non-hydrogen) atoms. The van der Waals surface area contributed by atoms with Gasteiger partial charge in [0.2, 0.25) is 0 Å². The summed E-state index contributed by atoms with van der Waals surface area (Å²) < 4.78 is 28.7. The zero-order valence-corrected chi connectivity index (χ0v) is 14.2. The molecule has 0 spiro atoms. The van der Waals surface area contributed by atoms with Gasteiger partial charge in [0.1, 0.15) is 11.6 Å². The van der Waals surface area contributed by atoms with Crippen molar-refractivity contribution in [3.8, 4) is 22.5 Å². The van der Waals surface area contributed by atoms with E-state index in [1.54, 1.807) is 24.3 Å². The first kappa shape index (κ1) is 16.0. The maximum Gasteiger partial charge on any atom is 0.123 e. The molecular formula is C21H20F2N2. The van der Waals surface area contributed by atoms with Crippen LogP contribution in [0.5, 0.6) is 0 Å². The van der Waals surface area contributed by atoms with Crippen molar-refractivity contribution in [1.29, 1.82) is 0 Å². The molecule has 4 rings (SSSR count). The van der Waals surface area contributed by atoms with Crippen LogP contribution in [0.3, 0.4) is 0 Å². The maximum atomic E-state index is 13.4. The Morgan fingerprint density at radius 1 is 0.840 bits per heavy atom. The minimum absolute atomic E-state index is 0.243. The molecule has 0 bridgehead atoms. The van der Waals surface area contributed by atoms with Gasteiger partial charge in [-0.15, -0.1) is 0 Å². The van der Waals surface area contributed by atoms with Crippen LogP contribution in [0, 0.1) is 18.6 Å². The number of benzene rings is 2. The highest BCUT2D eigenvalue weighted by Gasteiger charge is 2.25. The molecule has 2 nitrogen and oxygen atoms in total. The zero-order chi connectivity index (χ0) is 17.4. The molecule has 1 fully saturated rings. The molecular weight excluding hydrogens is 318 g/mol. The molecule has 0 radical (unpaired) electrons. The molecule has 0 aliphatic heterocycles. The van der Waals surface area contributed by atoms with Crippen molar-refractivity contribution in [1.82, 2.24) is 9.78 Å². The second-order valence-corrected chi connectivity index (χ2v) is 6.72. The van der Waals surface area contributed by atoms with E-state index in [-0.39, 0.29) is 11.6 Å². The Kier molecular flexibility index (Phi) is 4.12. The van der Waals surface area contributed by atoms with Crippen LogP contribution in [0.1, 0.15) is 37.3 Å². The largest absolute Gasteiger partial charge is 0.261 e. The lowest BCUT2D eigenvalue weighted by Gasteiger charge is -2.15. The van der Waals surface area contributed by atoms with Crippen LogP contribution in [-0.4, -0.2) is 9.78 Å². The topological polar surface area (TPSA) is 17.8 Å². The molecule has 1 saturated carbocycles. The van der Waals surface area contributed by atoms with Crippen molar-refractivity contribution >= 4 is 0 Å². The second-order valence-electron chi connectivity index (χ2n) is 6.72. The third-order valence-corrected chi connectivity index (χ3v) is 5.05. The first-order valence-corrected chi connectivity index (χ1v) is 8.74. The normalized spacial score (nSPS) is 15.0. The third kappa shape index (κ3) is 2.97. The van der Waals surface area contributed by atoms with E-state index in [1.807, 2.05) is 6.92 Å². The summed E-state index contributed by atoms with van der Waals surface area (Å²) in [7, 11) is 0. The summed E-state index contributed by atoms with van der Waals surface area (Å²) in [5.41, 5.74) is 4.81. The Morgan fingerprint density at radius 2 is 1.36 bits per heavy atom. The maximum absolute atomic E-state index is 13.4. The summed E-state index contributed by atoms with van der Waals surface area (Å²) in [6, 6.07) is 13.4. The summed E-state index contributed by atoms with van der Waals surface area (Å²) in [6.45, 7) is 2.04. The molecule has 0 unspecified atom stereocenters. The minimum atomic E-state index is -0.254. The standard InChI is InChI=1S/C21H20F2N2/c1-14-20(15-6-10-17(22)11-7-15)24-25(19-4-2-3-5-19)21(14)16-8-12-18(23)13-9-16/h6-13,19H,2-5H2,1H3. The number of hydrogen-bond acceptors (Lipinski definition) is 1. The third-order valence-electron chi connectivity index (χ3n) is 5.05. The number of nitrogens with zero attached hydrogens (tertiary/aromatic N) is 2. The van der Waals surface area contributed by atoms with E-state index in [2.05, 4.69) is 4.68 Å². The molecule has 1 heterocycles. The lowest BCUT2D eigenvalue weighted by atomic mass is 10.0. The molecule has 1 aliphatic carbocycles. The second kappa shape index (κ2) is 6.43. The van der Waals surface area contributed by atoms with Crippen molar-refractivity contribution in [2.45, 2.75) is 38.6 Å². The van der Waals surface area contributed by atoms with E-state index in [4.69, 9.17) is 5.10 Å². The van der Waals surface area contributed by atoms with E-state index in [0.29, 0.717) is 6.04 Å². The fraction of sp³-hybridized carbons (Fsp3) is 0.286. The van der Waals surface area contributed by atoms with Crippen LogP contribution in [0.4, 0.5) is 8.78 Å². The molecule has 0 N–H and O–H groups in total. The molecule has 2 aromatic carbocycles. The molecule has 0 saturated heterocycles. The van der Waals surface area contributed by atoms with E-state index < -0.39 is 0 Å². The van der Waals surface area contributed by atoms with Gasteiger partial charge in [-0.3, -0.25) is 4.68 Å². The predicted octanol–water partition coefficient (Wildman–Crippen LogP) is 5.92. The first-order chi connectivity index (χ1) is 12.1. The number of hydrogen-bond donors (Lipinski definition) is 0. The van der Waals surface area contributed by atoms with Crippen molar-refractivity contribution in [2.75, 3.05) is 0 Å². The SMILES string of the molecule is Cc1c(-c2ccc(F)cc2)nn(C2CCCC2)c1-c1ccc(F)cc1. The summed E-state index contributed by atoms with van der Waals surface area (Å²) in [5.74, 6) is -0.498. The summed E-state index contributed by atoms with van der Waals surface area (Å²) in [4.78, 5) is 0. The van der Waals surface area contributed by atoms with Gasteiger partial charge < -0.3 is 0 Å². The highest BCUT2D eigenvalue weighted by molar-refractivity contribution is 5.74. The molecule has 3 aromatic rings. The number of halogens is 2. The van der Waals surface area contributed by atoms with Gasteiger partial charge in [-0.1, -0.05) is 12.8 Å². The summed E-state index contributed by atoms with van der Waals surface area (Å²) in [6.07, 6.45) is 4.63. The molecule has 0 amide bonds. The van der Waals surface area contributed by atoms with Crippen LogP contribution in [0.15, 0.2) is 48.5 Å². The monoisotopic (exact) mass is 338 g/mol. The van der Waals surface area contributed by atoms with Crippen LogP contribution in [-0.2, 0) is 0 Å². The molecule has 4 heteroatoms. The van der Waals surface area contributed by atoms with Gasteiger partial charge in [0, 0.05) is 16.7 Å². The van der Waals surface area contributed by atoms with Gasteiger partial charge in [-0.25, -0.2) is 8.78 Å². The number of aromatic nitrogens is 2. The average Bonchev–Trinajstić information content (AvgIpc) is 3.25. The molecule has 1 aliphatic rings. The van der Waals surface area contributed by atoms with Crippen LogP contribution < -0.4 is 0 Å². The fourth-order valence-electron chi connectivity index (χ4n) is 3.77. The van der Waals surface area contributed by atoms with Crippen molar-refractivity contribution in [2.24, 2.45) is 0 Å². The van der Waals surface area contributed by atoms with E-state index >= 15 is 0 Å². The lowest BCUT2D eigenvalue weighted by molar-refractivity contribution is 0.473. The fourth-order valence-corrected chi connectivity index (χ4v) is 3.77. The van der Waals surface area contributed by atoms with Gasteiger partial charge >= 0.3 is 0 Å². The van der Waals surface area contributed by atoms with Gasteiger partial charge in [0.25, 0.3) is 0 Å². The Hall–Kier alpha value is -2.49. The lowest BCUT2D eigenvalue weighted by Crippen LogP contribution is -2.08. The highest BCUT2D eigenvalue weighted by atomic mass is 19.1. The van der Waals surface area contributed by atoms with Gasteiger partial charge in [0.05, 0.1) is 17.4 Å². The smallest absolute Gasteiger partial charge is 0.123 e. The minimum Gasteiger partial charge on any atom is -0.261 e. The van der Waals surface area contributed by atoms with Crippen LogP contribution in [0.2, 0.25) is 0 Å². The zero-order valence-electron chi connectivity index (χ0n) is 14.2. The van der Waals surface area contributed by atoms with Gasteiger partial charge in [-0.05, 0) is 68.3 Å². The van der Waals surface area contributed by atoms with E-state index in [9.17, 15) is 8.78 Å². The van der Waals surface area contributed by atoms with Gasteiger partial charge in [0.15, 0.2) is 0 Å². The Morgan fingerprint density at radius 3 is 1.92 bits per heavy atom. The van der Waals surface area contributed by atoms with Gasteiger partial charge in [-0.2, -0.15) is 5.10 Å². The summed E-state index contributed by atoms with van der Waals surface area (Å²) >= 11 is 0. The Bertz CT molecular complexity index is 874. The number of rotatable bonds is 3. The quantitative estimate of drug-likeness (QED) is 0.580. The molecule has 1 aromatic heterocycles. The molecule has 128 valence electrons. The van der Waals surface area contributed by atoms with E-state index in [1.165, 1.54) is 37.1 Å². The van der Waals surface area contributed by atoms with Crippen molar-refractivity contribution < 1.29 is 8.78 Å². The Balaban J connectivity index is 1.88. The Labute approximate surface area is 146 Å². The van der Waals surface area contributed by atoms with E-state index in [0.717, 1.165) is 40.9 Å². The molecule has 0 atom stereocenters. The predicted molar refractivity (Wildman–Crippen MR) is 95.3 cm³/mol. The van der Waals surface area contributed by atoms with Crippen LogP contribution >= 0.6 is 0 Å². The first-order valence-electron chi connectivity index (χ1n) is 8.74.